The number of hydrogen-bond donors (Lipinski definition) is 2. The molecule has 0 aromatic heterocycles. The van der Waals surface area contributed by atoms with Gasteiger partial charge in [-0.3, -0.25) is 4.79 Å². The summed E-state index contributed by atoms with van der Waals surface area (Å²) in [5.74, 6) is -2.44. The number of halogens is 3. The first-order chi connectivity index (χ1) is 26.1. The Balaban J connectivity index is 1.47. The van der Waals surface area contributed by atoms with Gasteiger partial charge < -0.3 is 15.3 Å². The summed E-state index contributed by atoms with van der Waals surface area (Å²) in [6, 6.07) is 28.8. The van der Waals surface area contributed by atoms with E-state index in [2.05, 4.69) is 5.32 Å². The van der Waals surface area contributed by atoms with Crippen LogP contribution in [-0.4, -0.2) is 69.0 Å². The lowest BCUT2D eigenvalue weighted by Gasteiger charge is -2.39. The Morgan fingerprint density at radius 1 is 0.745 bits per heavy atom. The van der Waals surface area contributed by atoms with Gasteiger partial charge in [-0.15, -0.1) is 0 Å². The zero-order chi connectivity index (χ0) is 39.5. The minimum absolute atomic E-state index is 0.0871. The van der Waals surface area contributed by atoms with Crippen molar-refractivity contribution in [2.75, 3.05) is 12.8 Å². The standard InChI is InChI=1S/C41H37F3N2O7S2/c1-54(50,51)36-11-5-6-12-37(36)55(52,53)39(34-10-7-25-45-34)46(35(40(48)49)26-27-13-15-29(16-14-27)28-8-3-2-4-9-28)38(47)32-19-17-30(18-20-32)31-21-23-33(24-22-31)41(42,43)44/h2-6,8-9,11-24,34-35,39,45H,7,10,25-26H2,1H3,(H,48,49)/t34-,35-,39?/m0/s1. The van der Waals surface area contributed by atoms with Gasteiger partial charge in [0, 0.05) is 24.3 Å². The van der Waals surface area contributed by atoms with Crippen molar-refractivity contribution in [3.05, 3.63) is 144 Å². The molecule has 1 aliphatic heterocycles. The molecular formula is C41H37F3N2O7S2. The molecule has 286 valence electrons. The quantitative estimate of drug-likeness (QED) is 0.136. The Bertz CT molecular complexity index is 2380. The van der Waals surface area contributed by atoms with Crippen LogP contribution in [-0.2, 0) is 37.1 Å². The second kappa shape index (κ2) is 15.8. The third-order valence-electron chi connectivity index (χ3n) is 9.61. The molecule has 3 atom stereocenters. The number of nitrogens with zero attached hydrogens (tertiary/aromatic N) is 1. The average Bonchev–Trinajstić information content (AvgIpc) is 3.70. The summed E-state index contributed by atoms with van der Waals surface area (Å²) in [6.07, 6.45) is -3.22. The molecule has 1 unspecified atom stereocenters. The molecular weight excluding hydrogens is 754 g/mol. The van der Waals surface area contributed by atoms with Crippen LogP contribution >= 0.6 is 0 Å². The van der Waals surface area contributed by atoms with Gasteiger partial charge in [-0.1, -0.05) is 91.0 Å². The molecule has 5 aromatic rings. The molecule has 5 aromatic carbocycles. The third-order valence-corrected chi connectivity index (χ3v) is 13.1. The molecule has 0 bridgehead atoms. The van der Waals surface area contributed by atoms with Crippen LogP contribution < -0.4 is 5.32 Å². The van der Waals surface area contributed by atoms with Crippen molar-refractivity contribution >= 4 is 31.6 Å². The molecule has 55 heavy (non-hydrogen) atoms. The number of nitrogens with one attached hydrogen (secondary N) is 1. The molecule has 1 amide bonds. The van der Waals surface area contributed by atoms with Gasteiger partial charge in [-0.05, 0) is 83.6 Å². The van der Waals surface area contributed by atoms with Gasteiger partial charge in [0.2, 0.25) is 9.84 Å². The largest absolute Gasteiger partial charge is 0.480 e. The fourth-order valence-corrected chi connectivity index (χ4v) is 10.5. The van der Waals surface area contributed by atoms with Crippen LogP contribution in [0.3, 0.4) is 0 Å². The van der Waals surface area contributed by atoms with E-state index >= 15 is 0 Å². The van der Waals surface area contributed by atoms with Gasteiger partial charge in [0.25, 0.3) is 5.91 Å². The van der Waals surface area contributed by atoms with Gasteiger partial charge in [0.05, 0.1) is 15.4 Å². The molecule has 1 fully saturated rings. The number of carboxylic acids is 1. The van der Waals surface area contributed by atoms with Crippen LogP contribution in [0.4, 0.5) is 13.2 Å². The van der Waals surface area contributed by atoms with Crippen molar-refractivity contribution in [1.82, 2.24) is 10.2 Å². The Kier molecular flexibility index (Phi) is 11.3. The van der Waals surface area contributed by atoms with Crippen molar-refractivity contribution < 1.29 is 44.7 Å². The molecule has 6 rings (SSSR count). The summed E-state index contributed by atoms with van der Waals surface area (Å²) in [5.41, 5.74) is 2.21. The molecule has 1 saturated heterocycles. The highest BCUT2D eigenvalue weighted by Crippen LogP contribution is 2.34. The van der Waals surface area contributed by atoms with Crippen LogP contribution in [0.5, 0.6) is 0 Å². The fraction of sp³-hybridized carbons (Fsp3) is 0.220. The van der Waals surface area contributed by atoms with E-state index in [0.29, 0.717) is 29.7 Å². The topological polar surface area (TPSA) is 138 Å². The average molecular weight is 791 g/mol. The number of sulfone groups is 2. The van der Waals surface area contributed by atoms with E-state index < -0.39 is 70.5 Å². The zero-order valence-electron chi connectivity index (χ0n) is 29.5. The maximum absolute atomic E-state index is 14.9. The number of carbonyl (C=O) groups is 2. The summed E-state index contributed by atoms with van der Waals surface area (Å²) in [4.78, 5) is 27.9. The minimum Gasteiger partial charge on any atom is -0.480 e. The van der Waals surface area contributed by atoms with E-state index in [9.17, 15) is 44.7 Å². The summed E-state index contributed by atoms with van der Waals surface area (Å²) in [7, 11) is -8.93. The first-order valence-electron chi connectivity index (χ1n) is 17.3. The number of aliphatic carboxylic acids is 1. The van der Waals surface area contributed by atoms with Crippen molar-refractivity contribution in [1.29, 1.82) is 0 Å². The molecule has 1 heterocycles. The highest BCUT2D eigenvalue weighted by atomic mass is 32.2. The maximum Gasteiger partial charge on any atom is 0.416 e. The van der Waals surface area contributed by atoms with E-state index in [4.69, 9.17) is 0 Å². The molecule has 0 radical (unpaired) electrons. The van der Waals surface area contributed by atoms with Gasteiger partial charge in [-0.2, -0.15) is 13.2 Å². The number of amides is 1. The zero-order valence-corrected chi connectivity index (χ0v) is 31.1. The lowest BCUT2D eigenvalue weighted by molar-refractivity contribution is -0.142. The smallest absolute Gasteiger partial charge is 0.416 e. The predicted octanol–water partition coefficient (Wildman–Crippen LogP) is 7.13. The fourth-order valence-electron chi connectivity index (χ4n) is 6.87. The molecule has 9 nitrogen and oxygen atoms in total. The minimum atomic E-state index is -4.82. The molecule has 1 aliphatic rings. The molecule has 14 heteroatoms. The molecule has 2 N–H and O–H groups in total. The second-order valence-electron chi connectivity index (χ2n) is 13.3. The molecule has 0 saturated carbocycles. The predicted molar refractivity (Wildman–Crippen MR) is 202 cm³/mol. The van der Waals surface area contributed by atoms with E-state index in [1.54, 1.807) is 24.3 Å². The Morgan fingerprint density at radius 2 is 1.25 bits per heavy atom. The Hall–Kier alpha value is -5.31. The summed E-state index contributed by atoms with van der Waals surface area (Å²) < 4.78 is 95.1. The van der Waals surface area contributed by atoms with Crippen LogP contribution in [0.15, 0.2) is 137 Å². The Morgan fingerprint density at radius 3 is 1.76 bits per heavy atom. The summed E-state index contributed by atoms with van der Waals surface area (Å²) in [5, 5.41) is 12.1. The number of carbonyl (C=O) groups excluding carboxylic acids is 1. The lowest BCUT2D eigenvalue weighted by atomic mass is 9.98. The van der Waals surface area contributed by atoms with E-state index in [-0.39, 0.29) is 18.4 Å². The lowest BCUT2D eigenvalue weighted by Crippen LogP contribution is -2.60. The van der Waals surface area contributed by atoms with Crippen LogP contribution in [0.2, 0.25) is 0 Å². The maximum atomic E-state index is 14.9. The van der Waals surface area contributed by atoms with Crippen LogP contribution in [0.25, 0.3) is 22.3 Å². The highest BCUT2D eigenvalue weighted by Gasteiger charge is 2.48. The van der Waals surface area contributed by atoms with Crippen molar-refractivity contribution in [2.45, 2.75) is 52.7 Å². The summed E-state index contributed by atoms with van der Waals surface area (Å²) in [6.45, 7) is 0.368. The first-order valence-corrected chi connectivity index (χ1v) is 20.7. The van der Waals surface area contributed by atoms with Crippen molar-refractivity contribution in [3.8, 4) is 22.3 Å². The van der Waals surface area contributed by atoms with Gasteiger partial charge >= 0.3 is 12.1 Å². The summed E-state index contributed by atoms with van der Waals surface area (Å²) >= 11 is 0. The number of carboxylic acid groups (broad SMARTS) is 1. The monoisotopic (exact) mass is 790 g/mol. The first kappa shape index (κ1) is 39.4. The number of rotatable bonds is 12. The number of hydrogen-bond acceptors (Lipinski definition) is 7. The normalized spacial score (nSPS) is 16.0. The molecule has 0 spiro atoms. The van der Waals surface area contributed by atoms with Gasteiger partial charge in [0.1, 0.15) is 6.04 Å². The van der Waals surface area contributed by atoms with Gasteiger partial charge in [0.15, 0.2) is 15.2 Å². The molecule has 0 aliphatic carbocycles. The van der Waals surface area contributed by atoms with Gasteiger partial charge in [-0.25, -0.2) is 21.6 Å². The second-order valence-corrected chi connectivity index (χ2v) is 17.3. The Labute approximate surface area is 317 Å². The third kappa shape index (κ3) is 8.66. The SMILES string of the molecule is CS(=O)(=O)c1ccccc1S(=O)(=O)C([C@@H]1CCCN1)N(C(=O)c1ccc(-c2ccc(C(F)(F)F)cc2)cc1)[C@@H](Cc1ccc(-c2ccccc2)cc1)C(=O)O. The van der Waals surface area contributed by atoms with E-state index in [1.807, 2.05) is 30.3 Å². The van der Waals surface area contributed by atoms with E-state index in [0.717, 1.165) is 46.5 Å². The van der Waals surface area contributed by atoms with Crippen molar-refractivity contribution in [2.24, 2.45) is 0 Å². The number of alkyl halides is 3. The van der Waals surface area contributed by atoms with E-state index in [1.165, 1.54) is 48.5 Å². The van der Waals surface area contributed by atoms with Crippen LogP contribution in [0.1, 0.15) is 34.3 Å². The van der Waals surface area contributed by atoms with Crippen LogP contribution in [0, 0.1) is 0 Å². The number of benzene rings is 5. The highest BCUT2D eigenvalue weighted by molar-refractivity contribution is 7.94. The van der Waals surface area contributed by atoms with Crippen molar-refractivity contribution in [3.63, 3.8) is 0 Å².